The van der Waals surface area contributed by atoms with Gasteiger partial charge in [0.2, 0.25) is 41.4 Å². The third-order valence-corrected chi connectivity index (χ3v) is 6.83. The molecule has 0 heterocycles. The van der Waals surface area contributed by atoms with Crippen molar-refractivity contribution in [3.8, 4) is 0 Å². The average molecular weight is 731 g/mol. The van der Waals surface area contributed by atoms with Crippen LogP contribution in [0.1, 0.15) is 67.2 Å². The van der Waals surface area contributed by atoms with Crippen LogP contribution in [0, 0.1) is 11.8 Å². The molecule has 0 saturated heterocycles. The van der Waals surface area contributed by atoms with Crippen molar-refractivity contribution in [1.29, 1.82) is 0 Å². The van der Waals surface area contributed by atoms with E-state index in [0.717, 1.165) is 0 Å². The Hall–Kier alpha value is -5.34. The smallest absolute Gasteiger partial charge is 0.322 e. The maximum Gasteiger partial charge on any atom is 0.322 e. The van der Waals surface area contributed by atoms with E-state index in [-0.39, 0.29) is 31.2 Å². The van der Waals surface area contributed by atoms with E-state index in [9.17, 15) is 53.1 Å². The lowest BCUT2D eigenvalue weighted by atomic mass is 10.0. The Balaban J connectivity index is 5.95. The standard InChI is InChI=1S/C30H50N8O13/c1-13(2)7-17(28(49)34-16(6)26(47)36-19(9-22(40)41)27(48)32-12-24(44)45)37-30(51)20(10-23(42)43)38-29(50)18(8-14(3)4)35-25(46)15(5)33-21(39)11-31/h13-20H,7-12,31H2,1-6H3,(H,32,48)(H,33,39)(H,34,49)(H,35,46)(H,36,47)(H,37,51)(H,38,50)(H,40,41)(H,42,43)(H,44,45)/t15-,16-,17-,18-,19-,20-/m0/s1. The second kappa shape index (κ2) is 22.4. The SMILES string of the molecule is CC(C)C[C@H](NC(=O)[C@H](C)NC(=O)CN)C(=O)N[C@@H](CC(=O)O)C(=O)N[C@@H](CC(C)C)C(=O)N[C@@H](C)C(=O)N[C@@H](CC(=O)O)C(=O)NCC(=O)O. The van der Waals surface area contributed by atoms with E-state index in [0.29, 0.717) is 0 Å². The molecule has 288 valence electrons. The molecular weight excluding hydrogens is 680 g/mol. The van der Waals surface area contributed by atoms with E-state index in [1.165, 1.54) is 13.8 Å². The van der Waals surface area contributed by atoms with Gasteiger partial charge in [0.15, 0.2) is 0 Å². The van der Waals surface area contributed by atoms with E-state index in [1.807, 2.05) is 5.32 Å². The predicted octanol–water partition coefficient (Wildman–Crippen LogP) is -3.86. The molecule has 12 N–H and O–H groups in total. The highest BCUT2D eigenvalue weighted by Crippen LogP contribution is 2.09. The van der Waals surface area contributed by atoms with Gasteiger partial charge in [0, 0.05) is 0 Å². The third kappa shape index (κ3) is 18.9. The molecule has 0 aromatic rings. The fourth-order valence-electron chi connectivity index (χ4n) is 4.34. The summed E-state index contributed by atoms with van der Waals surface area (Å²) in [4.78, 5) is 123. The molecule has 21 heteroatoms. The fraction of sp³-hybridized carbons (Fsp3) is 0.667. The van der Waals surface area contributed by atoms with Crippen LogP contribution in [-0.2, 0) is 47.9 Å². The number of nitrogens with two attached hydrogens (primary N) is 1. The fourth-order valence-corrected chi connectivity index (χ4v) is 4.34. The lowest BCUT2D eigenvalue weighted by Gasteiger charge is -2.27. The summed E-state index contributed by atoms with van der Waals surface area (Å²) >= 11 is 0. The van der Waals surface area contributed by atoms with Crippen molar-refractivity contribution in [1.82, 2.24) is 37.2 Å². The Bertz CT molecular complexity index is 1310. The Morgan fingerprint density at radius 1 is 0.471 bits per heavy atom. The predicted molar refractivity (Wildman–Crippen MR) is 176 cm³/mol. The Morgan fingerprint density at radius 3 is 1.24 bits per heavy atom. The molecule has 7 amide bonds. The summed E-state index contributed by atoms with van der Waals surface area (Å²) in [5, 5.41) is 43.2. The minimum absolute atomic E-state index is 0.0304. The van der Waals surface area contributed by atoms with E-state index < -0.39 is 115 Å². The van der Waals surface area contributed by atoms with Crippen molar-refractivity contribution < 1.29 is 63.3 Å². The van der Waals surface area contributed by atoms with Crippen LogP contribution < -0.4 is 43.0 Å². The topological polar surface area (TPSA) is 342 Å². The van der Waals surface area contributed by atoms with Gasteiger partial charge < -0.3 is 58.3 Å². The van der Waals surface area contributed by atoms with Gasteiger partial charge in [0.05, 0.1) is 19.4 Å². The molecule has 0 aliphatic carbocycles. The van der Waals surface area contributed by atoms with E-state index in [2.05, 4.69) is 31.9 Å². The number of nitrogens with one attached hydrogen (secondary N) is 7. The number of carbonyl (C=O) groups excluding carboxylic acids is 7. The number of carbonyl (C=O) groups is 10. The number of aliphatic carboxylic acids is 3. The van der Waals surface area contributed by atoms with Crippen LogP contribution in [0.3, 0.4) is 0 Å². The first-order valence-corrected chi connectivity index (χ1v) is 16.0. The van der Waals surface area contributed by atoms with Crippen molar-refractivity contribution >= 4 is 59.3 Å². The van der Waals surface area contributed by atoms with Gasteiger partial charge in [0.25, 0.3) is 0 Å². The van der Waals surface area contributed by atoms with Crippen molar-refractivity contribution in [2.75, 3.05) is 13.1 Å². The van der Waals surface area contributed by atoms with Crippen molar-refractivity contribution in [3.63, 3.8) is 0 Å². The highest BCUT2D eigenvalue weighted by Gasteiger charge is 2.34. The minimum Gasteiger partial charge on any atom is -0.481 e. The molecule has 51 heavy (non-hydrogen) atoms. The number of carboxylic acid groups (broad SMARTS) is 3. The molecule has 0 rings (SSSR count). The molecule has 0 fully saturated rings. The molecule has 0 aromatic heterocycles. The number of hydrogen-bond donors (Lipinski definition) is 11. The lowest BCUT2D eigenvalue weighted by Crippen LogP contribution is -2.60. The second-order valence-corrected chi connectivity index (χ2v) is 12.5. The third-order valence-electron chi connectivity index (χ3n) is 6.83. The van der Waals surface area contributed by atoms with Crippen LogP contribution in [0.2, 0.25) is 0 Å². The summed E-state index contributed by atoms with van der Waals surface area (Å²) in [6.07, 6.45) is -1.81. The van der Waals surface area contributed by atoms with Gasteiger partial charge in [-0.05, 0) is 38.5 Å². The summed E-state index contributed by atoms with van der Waals surface area (Å²) in [6, 6.07) is -8.58. The summed E-state index contributed by atoms with van der Waals surface area (Å²) in [7, 11) is 0. The zero-order valence-electron chi connectivity index (χ0n) is 29.4. The molecule has 0 aliphatic heterocycles. The van der Waals surface area contributed by atoms with Gasteiger partial charge in [-0.3, -0.25) is 47.9 Å². The summed E-state index contributed by atoms with van der Waals surface area (Å²) in [5.74, 6) is -11.3. The molecule has 21 nitrogen and oxygen atoms in total. The van der Waals surface area contributed by atoms with Gasteiger partial charge >= 0.3 is 17.9 Å². The van der Waals surface area contributed by atoms with E-state index in [4.69, 9.17) is 15.9 Å². The first-order valence-electron chi connectivity index (χ1n) is 16.0. The van der Waals surface area contributed by atoms with Gasteiger partial charge in [0.1, 0.15) is 42.8 Å². The van der Waals surface area contributed by atoms with Crippen molar-refractivity contribution in [2.45, 2.75) is 103 Å². The van der Waals surface area contributed by atoms with Crippen LogP contribution in [0.25, 0.3) is 0 Å². The van der Waals surface area contributed by atoms with Crippen LogP contribution in [0.15, 0.2) is 0 Å². The summed E-state index contributed by atoms with van der Waals surface area (Å²) < 4.78 is 0. The summed E-state index contributed by atoms with van der Waals surface area (Å²) in [5.41, 5.74) is 5.25. The Labute approximate surface area is 294 Å². The number of rotatable bonds is 23. The normalized spacial score (nSPS) is 14.4. The maximum absolute atomic E-state index is 13.4. The largest absolute Gasteiger partial charge is 0.481 e. The molecular formula is C30H50N8O13. The number of amides is 7. The van der Waals surface area contributed by atoms with Crippen LogP contribution in [-0.4, -0.2) is 124 Å². The second-order valence-electron chi connectivity index (χ2n) is 12.5. The molecule has 0 saturated carbocycles. The molecule has 6 atom stereocenters. The quantitative estimate of drug-likeness (QED) is 0.0479. The highest BCUT2D eigenvalue weighted by molar-refractivity contribution is 5.98. The number of hydrogen-bond acceptors (Lipinski definition) is 11. The van der Waals surface area contributed by atoms with Gasteiger partial charge in [-0.2, -0.15) is 0 Å². The molecule has 0 aromatic carbocycles. The monoisotopic (exact) mass is 730 g/mol. The molecule has 0 radical (unpaired) electrons. The Kier molecular flexibility index (Phi) is 20.0. The van der Waals surface area contributed by atoms with Gasteiger partial charge in [-0.15, -0.1) is 0 Å². The van der Waals surface area contributed by atoms with Gasteiger partial charge in [-0.25, -0.2) is 0 Å². The number of carboxylic acids is 3. The molecule has 0 bridgehead atoms. The average Bonchev–Trinajstić information content (AvgIpc) is 3.00. The first-order chi connectivity index (χ1) is 23.6. The summed E-state index contributed by atoms with van der Waals surface area (Å²) in [6.45, 7) is 8.18. The highest BCUT2D eigenvalue weighted by atomic mass is 16.4. The van der Waals surface area contributed by atoms with Gasteiger partial charge in [-0.1, -0.05) is 27.7 Å². The van der Waals surface area contributed by atoms with Crippen molar-refractivity contribution in [3.05, 3.63) is 0 Å². The zero-order chi connectivity index (χ0) is 39.6. The van der Waals surface area contributed by atoms with Crippen LogP contribution in [0.5, 0.6) is 0 Å². The lowest BCUT2D eigenvalue weighted by molar-refractivity contribution is -0.142. The van der Waals surface area contributed by atoms with E-state index >= 15 is 0 Å². The Morgan fingerprint density at radius 2 is 0.824 bits per heavy atom. The van der Waals surface area contributed by atoms with Crippen LogP contribution >= 0.6 is 0 Å². The maximum atomic E-state index is 13.4. The zero-order valence-corrected chi connectivity index (χ0v) is 29.4. The molecule has 0 unspecified atom stereocenters. The minimum atomic E-state index is -1.74. The van der Waals surface area contributed by atoms with Crippen molar-refractivity contribution in [2.24, 2.45) is 17.6 Å². The first kappa shape index (κ1) is 45.7. The van der Waals surface area contributed by atoms with E-state index in [1.54, 1.807) is 27.7 Å². The molecule has 0 spiro atoms. The molecule has 0 aliphatic rings. The van der Waals surface area contributed by atoms with Crippen LogP contribution in [0.4, 0.5) is 0 Å².